The van der Waals surface area contributed by atoms with Gasteiger partial charge in [-0.05, 0) is 25.2 Å². The van der Waals surface area contributed by atoms with Gasteiger partial charge in [-0.1, -0.05) is 11.6 Å². The first-order chi connectivity index (χ1) is 9.42. The topological polar surface area (TPSA) is 87.5 Å². The predicted octanol–water partition coefficient (Wildman–Crippen LogP) is 0.929. The minimum atomic E-state index is -0.164. The van der Waals surface area contributed by atoms with Gasteiger partial charge in [0.1, 0.15) is 0 Å². The van der Waals surface area contributed by atoms with Crippen LogP contribution in [0.25, 0.3) is 0 Å². The van der Waals surface area contributed by atoms with Gasteiger partial charge in [0.25, 0.3) is 0 Å². The van der Waals surface area contributed by atoms with Crippen molar-refractivity contribution < 1.29 is 9.59 Å². The second-order valence-corrected chi connectivity index (χ2v) is 4.88. The number of nitrogens with one attached hydrogen (secondary N) is 2. The number of halogens is 1. The van der Waals surface area contributed by atoms with E-state index in [1.807, 2.05) is 0 Å². The molecular weight excluding hydrogens is 280 g/mol. The number of hydrogen-bond acceptors (Lipinski definition) is 4. The van der Waals surface area contributed by atoms with Gasteiger partial charge in [-0.2, -0.15) is 0 Å². The highest BCUT2D eigenvalue weighted by Gasteiger charge is 2.09. The molecule has 0 radical (unpaired) electrons. The van der Waals surface area contributed by atoms with Crippen molar-refractivity contribution in [2.24, 2.45) is 0 Å². The zero-order chi connectivity index (χ0) is 15.1. The summed E-state index contributed by atoms with van der Waals surface area (Å²) in [7, 11) is 3.35. The van der Waals surface area contributed by atoms with E-state index in [0.29, 0.717) is 22.9 Å². The third kappa shape index (κ3) is 5.46. The molecule has 0 aliphatic heterocycles. The molecule has 0 saturated heterocycles. The Balaban J connectivity index is 2.42. The molecule has 2 amide bonds. The van der Waals surface area contributed by atoms with Gasteiger partial charge >= 0.3 is 0 Å². The zero-order valence-electron chi connectivity index (χ0n) is 11.6. The molecule has 1 aromatic rings. The molecular formula is C13H19ClN4O2. The van der Waals surface area contributed by atoms with Crippen molar-refractivity contribution >= 4 is 34.8 Å². The summed E-state index contributed by atoms with van der Waals surface area (Å²) in [6.45, 7) is 0.736. The number of nitrogens with two attached hydrogens (primary N) is 1. The molecule has 20 heavy (non-hydrogen) atoms. The highest BCUT2D eigenvalue weighted by Crippen LogP contribution is 2.22. The van der Waals surface area contributed by atoms with Crippen LogP contribution in [0.4, 0.5) is 11.4 Å². The van der Waals surface area contributed by atoms with Crippen LogP contribution >= 0.6 is 11.6 Å². The maximum Gasteiger partial charge on any atom is 0.233 e. The van der Waals surface area contributed by atoms with Crippen LogP contribution in [-0.2, 0) is 9.59 Å². The standard InChI is InChI=1S/C13H19ClN4O2/c1-16-13(20)8-18(2)6-5-12(19)17-11-4-3-9(14)7-10(11)15/h3-4,7H,5-6,8,15H2,1-2H3,(H,16,20)(H,17,19). The second-order valence-electron chi connectivity index (χ2n) is 4.44. The third-order valence-corrected chi connectivity index (χ3v) is 2.94. The normalized spacial score (nSPS) is 10.4. The van der Waals surface area contributed by atoms with Crippen molar-refractivity contribution in [3.63, 3.8) is 0 Å². The van der Waals surface area contributed by atoms with Crippen molar-refractivity contribution in [1.29, 1.82) is 0 Å². The minimum absolute atomic E-state index is 0.0881. The summed E-state index contributed by atoms with van der Waals surface area (Å²) in [4.78, 5) is 24.7. The van der Waals surface area contributed by atoms with Crippen LogP contribution in [0.3, 0.4) is 0 Å². The maximum absolute atomic E-state index is 11.8. The number of amides is 2. The second kappa shape index (κ2) is 7.72. The molecule has 6 nitrogen and oxygen atoms in total. The van der Waals surface area contributed by atoms with E-state index in [1.165, 1.54) is 0 Å². The highest BCUT2D eigenvalue weighted by atomic mass is 35.5. The van der Waals surface area contributed by atoms with E-state index in [9.17, 15) is 9.59 Å². The SMILES string of the molecule is CNC(=O)CN(C)CCC(=O)Nc1ccc(Cl)cc1N. The molecule has 0 unspecified atom stereocenters. The smallest absolute Gasteiger partial charge is 0.233 e. The number of carbonyl (C=O) groups is 2. The Bertz CT molecular complexity index is 493. The molecule has 0 aliphatic carbocycles. The molecule has 7 heteroatoms. The Morgan fingerprint density at radius 3 is 2.65 bits per heavy atom. The fraction of sp³-hybridized carbons (Fsp3) is 0.385. The number of carbonyl (C=O) groups excluding carboxylic acids is 2. The Labute approximate surface area is 123 Å². The number of rotatable bonds is 6. The molecule has 1 rings (SSSR count). The van der Waals surface area contributed by atoms with Crippen molar-refractivity contribution in [2.45, 2.75) is 6.42 Å². The molecule has 0 aliphatic rings. The summed E-state index contributed by atoms with van der Waals surface area (Å²) in [6.07, 6.45) is 0.273. The van der Waals surface area contributed by atoms with E-state index in [4.69, 9.17) is 17.3 Å². The molecule has 0 aromatic heterocycles. The van der Waals surface area contributed by atoms with E-state index in [2.05, 4.69) is 10.6 Å². The van der Waals surface area contributed by atoms with E-state index in [0.717, 1.165) is 0 Å². The van der Waals surface area contributed by atoms with Crippen LogP contribution in [0.5, 0.6) is 0 Å². The molecule has 0 atom stereocenters. The average Bonchev–Trinajstić information content (AvgIpc) is 2.39. The molecule has 4 N–H and O–H groups in total. The number of likely N-dealkylation sites (N-methyl/N-ethyl adjacent to an activating group) is 2. The Kier molecular flexibility index (Phi) is 6.27. The van der Waals surface area contributed by atoms with Gasteiger partial charge in [0.2, 0.25) is 11.8 Å². The number of benzene rings is 1. The fourth-order valence-corrected chi connectivity index (χ4v) is 1.74. The molecule has 0 heterocycles. The monoisotopic (exact) mass is 298 g/mol. The van der Waals surface area contributed by atoms with Gasteiger partial charge in [-0.15, -0.1) is 0 Å². The van der Waals surface area contributed by atoms with Crippen LogP contribution in [0.2, 0.25) is 5.02 Å². The predicted molar refractivity (Wildman–Crippen MR) is 80.7 cm³/mol. The van der Waals surface area contributed by atoms with E-state index < -0.39 is 0 Å². The summed E-state index contributed by atoms with van der Waals surface area (Å²) in [6, 6.07) is 4.89. The molecule has 0 spiro atoms. The van der Waals surface area contributed by atoms with E-state index >= 15 is 0 Å². The Hall–Kier alpha value is -1.79. The summed E-state index contributed by atoms with van der Waals surface area (Å²) in [5.74, 6) is -0.252. The van der Waals surface area contributed by atoms with Crippen LogP contribution in [0, 0.1) is 0 Å². The quantitative estimate of drug-likeness (QED) is 0.682. The fourth-order valence-electron chi connectivity index (χ4n) is 1.56. The van der Waals surface area contributed by atoms with Crippen molar-refractivity contribution in [3.8, 4) is 0 Å². The minimum Gasteiger partial charge on any atom is -0.397 e. The van der Waals surface area contributed by atoms with Gasteiger partial charge in [0, 0.05) is 25.0 Å². The van der Waals surface area contributed by atoms with Gasteiger partial charge in [0.05, 0.1) is 17.9 Å². The summed E-state index contributed by atoms with van der Waals surface area (Å²) in [5.41, 5.74) is 6.70. The molecule has 0 bridgehead atoms. The molecule has 0 saturated carbocycles. The van der Waals surface area contributed by atoms with Crippen LogP contribution in [0.15, 0.2) is 18.2 Å². The Morgan fingerprint density at radius 2 is 2.05 bits per heavy atom. The van der Waals surface area contributed by atoms with Gasteiger partial charge in [0.15, 0.2) is 0 Å². The van der Waals surface area contributed by atoms with Gasteiger partial charge in [-0.3, -0.25) is 14.5 Å². The van der Waals surface area contributed by atoms with Gasteiger partial charge < -0.3 is 16.4 Å². The van der Waals surface area contributed by atoms with Crippen LogP contribution in [-0.4, -0.2) is 43.9 Å². The van der Waals surface area contributed by atoms with Crippen molar-refractivity contribution in [1.82, 2.24) is 10.2 Å². The first kappa shape index (κ1) is 16.3. The lowest BCUT2D eigenvalue weighted by molar-refractivity contribution is -0.122. The zero-order valence-corrected chi connectivity index (χ0v) is 12.3. The Morgan fingerprint density at radius 1 is 1.35 bits per heavy atom. The van der Waals surface area contributed by atoms with Gasteiger partial charge in [-0.25, -0.2) is 0 Å². The third-order valence-electron chi connectivity index (χ3n) is 2.70. The van der Waals surface area contributed by atoms with Crippen LogP contribution < -0.4 is 16.4 Å². The van der Waals surface area contributed by atoms with Crippen molar-refractivity contribution in [3.05, 3.63) is 23.2 Å². The lowest BCUT2D eigenvalue weighted by atomic mass is 10.2. The van der Waals surface area contributed by atoms with E-state index in [-0.39, 0.29) is 24.8 Å². The lowest BCUT2D eigenvalue weighted by Crippen LogP contribution is -2.34. The number of nitrogen functional groups attached to an aromatic ring is 1. The highest BCUT2D eigenvalue weighted by molar-refractivity contribution is 6.31. The molecule has 0 fully saturated rings. The number of nitrogens with zero attached hydrogens (tertiary/aromatic N) is 1. The number of anilines is 2. The van der Waals surface area contributed by atoms with Crippen molar-refractivity contribution in [2.75, 3.05) is 38.2 Å². The molecule has 1 aromatic carbocycles. The first-order valence-electron chi connectivity index (χ1n) is 6.16. The lowest BCUT2D eigenvalue weighted by Gasteiger charge is -2.15. The van der Waals surface area contributed by atoms with Crippen LogP contribution in [0.1, 0.15) is 6.42 Å². The summed E-state index contributed by atoms with van der Waals surface area (Å²) < 4.78 is 0. The number of hydrogen-bond donors (Lipinski definition) is 3. The van der Waals surface area contributed by atoms with E-state index in [1.54, 1.807) is 37.2 Å². The molecule has 110 valence electrons. The largest absolute Gasteiger partial charge is 0.397 e. The maximum atomic E-state index is 11.8. The summed E-state index contributed by atoms with van der Waals surface area (Å²) >= 11 is 5.78. The summed E-state index contributed by atoms with van der Waals surface area (Å²) in [5, 5.41) is 5.76. The average molecular weight is 299 g/mol. The first-order valence-corrected chi connectivity index (χ1v) is 6.54.